The van der Waals surface area contributed by atoms with Crippen LogP contribution in [0.4, 0.5) is 17.3 Å². The van der Waals surface area contributed by atoms with Gasteiger partial charge in [-0.15, -0.1) is 11.3 Å². The Bertz CT molecular complexity index is 3110. The van der Waals surface area contributed by atoms with Crippen molar-refractivity contribution in [2.75, 3.05) is 49.6 Å². The maximum absolute atomic E-state index is 14.2. The molecule has 3 aromatic carbocycles. The van der Waals surface area contributed by atoms with Crippen molar-refractivity contribution < 1.29 is 33.8 Å². The number of carbonyl (C=O) groups is 5. The minimum atomic E-state index is -0.989. The first kappa shape index (κ1) is 54.7. The number of amides is 5. The van der Waals surface area contributed by atoms with E-state index in [0.717, 1.165) is 38.4 Å². The van der Waals surface area contributed by atoms with Crippen LogP contribution in [0.5, 0.6) is 0 Å². The molecule has 5 amide bonds. The van der Waals surface area contributed by atoms with Gasteiger partial charge in [-0.25, -0.2) is 15.0 Å². The fourth-order valence-electron chi connectivity index (χ4n) is 10.4. The molecule has 0 saturated carbocycles. The number of aryl methyl sites for hydroxylation is 1. The first-order valence-corrected chi connectivity index (χ1v) is 27.4. The summed E-state index contributed by atoms with van der Waals surface area (Å²) < 4.78 is 5.75. The molecule has 0 aliphatic carbocycles. The number of carbonyl (C=O) groups excluding carboxylic acids is 5. The monoisotopic (exact) mass is 1080 g/mol. The lowest BCUT2D eigenvalue weighted by molar-refractivity contribution is -0.144. The van der Waals surface area contributed by atoms with Gasteiger partial charge in [0, 0.05) is 44.6 Å². The molecule has 6 aromatic rings. The van der Waals surface area contributed by atoms with Crippen molar-refractivity contribution in [3.05, 3.63) is 125 Å². The van der Waals surface area contributed by atoms with Gasteiger partial charge >= 0.3 is 0 Å². The SMILES string of the molecule is Cc1ncsc1-c1ccc([C@H](C)NC(=O)[C@@H]2C[C@@H](O)CN2C(=O)[C@@H](NC(=O)CCOCCC(=O)N2CCC3(CC2)CCN(c2cncc(Nc4ncc(Cl)c(-c5cccc(-c6ccccc6)c5)n4)c2)C3=O)C(C)(C)C)cc1. The standard InChI is InChI=1S/C58H65ClN10O7S/c1-36(38-14-16-40(17-15-38)51-37(2)62-35-77-51)63-53(73)47-30-45(70)34-69(47)54(74)52(57(3,4)5)65-48(71)18-26-76-27-19-49(72)67-23-20-58(21-24-67)22-25-68(55(58)75)44-29-43(31-60-32-44)64-56-61-33-46(59)50(66-56)42-13-9-12-41(28-42)39-10-7-6-8-11-39/h6-17,28-29,31-33,35-36,45,47,52,70H,18-27,30,34H2,1-5H3,(H,63,73)(H,65,71)(H,61,64,66)/t36-,45+,47-,52+/m0/s1. The van der Waals surface area contributed by atoms with Gasteiger partial charge in [-0.05, 0) is 72.9 Å². The predicted molar refractivity (Wildman–Crippen MR) is 297 cm³/mol. The fraction of sp³-hybridized carbons (Fsp3) is 0.397. The molecule has 1 spiro atoms. The molecule has 3 aliphatic heterocycles. The van der Waals surface area contributed by atoms with Gasteiger partial charge in [-0.2, -0.15) is 0 Å². The van der Waals surface area contributed by atoms with Crippen LogP contribution in [-0.2, 0) is 28.7 Å². The number of hydrogen-bond donors (Lipinski definition) is 4. The topological polar surface area (TPSA) is 212 Å². The zero-order valence-corrected chi connectivity index (χ0v) is 45.6. The quantitative estimate of drug-likeness (QED) is 0.0633. The van der Waals surface area contributed by atoms with E-state index in [9.17, 15) is 29.1 Å². The highest BCUT2D eigenvalue weighted by molar-refractivity contribution is 7.13. The van der Waals surface area contributed by atoms with Crippen LogP contribution in [0.1, 0.15) is 83.5 Å². The number of nitrogens with one attached hydrogen (secondary N) is 3. The van der Waals surface area contributed by atoms with Crippen molar-refractivity contribution in [3.63, 3.8) is 0 Å². The van der Waals surface area contributed by atoms with Crippen LogP contribution in [0.15, 0.2) is 109 Å². The molecule has 4 atom stereocenters. The maximum atomic E-state index is 14.2. The van der Waals surface area contributed by atoms with E-state index in [1.807, 2.05) is 125 Å². The maximum Gasteiger partial charge on any atom is 0.246 e. The molecule has 77 heavy (non-hydrogen) atoms. The fourth-order valence-corrected chi connectivity index (χ4v) is 11.4. The van der Waals surface area contributed by atoms with Crippen LogP contribution in [0.25, 0.3) is 32.8 Å². The zero-order valence-electron chi connectivity index (χ0n) is 44.0. The van der Waals surface area contributed by atoms with Gasteiger partial charge in [0.1, 0.15) is 12.1 Å². The molecule has 3 fully saturated rings. The summed E-state index contributed by atoms with van der Waals surface area (Å²) in [7, 11) is 0. The number of aliphatic hydroxyl groups excluding tert-OH is 1. The van der Waals surface area contributed by atoms with E-state index in [1.54, 1.807) is 39.7 Å². The molecule has 9 rings (SSSR count). The Morgan fingerprint density at radius 1 is 0.857 bits per heavy atom. The number of nitrogens with zero attached hydrogens (tertiary/aromatic N) is 7. The van der Waals surface area contributed by atoms with Gasteiger partial charge < -0.3 is 40.5 Å². The summed E-state index contributed by atoms with van der Waals surface area (Å²) in [5, 5.41) is 20.2. The van der Waals surface area contributed by atoms with Crippen LogP contribution in [0, 0.1) is 17.8 Å². The number of piperidine rings is 1. The molecule has 3 saturated heterocycles. The van der Waals surface area contributed by atoms with E-state index in [0.29, 0.717) is 66.9 Å². The summed E-state index contributed by atoms with van der Waals surface area (Å²) in [6, 6.07) is 25.6. The van der Waals surface area contributed by atoms with E-state index >= 15 is 0 Å². The van der Waals surface area contributed by atoms with Crippen molar-refractivity contribution in [2.45, 2.75) is 97.4 Å². The molecular weight excluding hydrogens is 1020 g/mol. The molecule has 0 bridgehead atoms. The number of hydrogen-bond acceptors (Lipinski definition) is 13. The minimum Gasteiger partial charge on any atom is -0.391 e. The third-order valence-corrected chi connectivity index (χ3v) is 16.1. The van der Waals surface area contributed by atoms with Gasteiger partial charge in [-0.3, -0.25) is 29.0 Å². The lowest BCUT2D eigenvalue weighted by Crippen LogP contribution is -2.58. The average Bonchev–Trinajstić information content (AvgIpc) is 4.16. The number of thiazole rings is 1. The van der Waals surface area contributed by atoms with E-state index in [4.69, 9.17) is 21.3 Å². The van der Waals surface area contributed by atoms with E-state index in [-0.39, 0.29) is 62.8 Å². The Morgan fingerprint density at radius 2 is 1.57 bits per heavy atom. The Hall–Kier alpha value is -7.12. The first-order chi connectivity index (χ1) is 37.0. The number of β-amino-alcohol motifs (C(OH)–C–C–N with tert-alkyl or cyclic N) is 1. The largest absolute Gasteiger partial charge is 0.391 e. The second-order valence-corrected chi connectivity index (χ2v) is 22.5. The molecule has 0 radical (unpaired) electrons. The molecule has 6 heterocycles. The molecule has 3 aromatic heterocycles. The first-order valence-electron chi connectivity index (χ1n) is 26.1. The van der Waals surface area contributed by atoms with Crippen molar-refractivity contribution >= 4 is 69.8 Å². The van der Waals surface area contributed by atoms with Gasteiger partial charge in [0.25, 0.3) is 0 Å². The summed E-state index contributed by atoms with van der Waals surface area (Å²) in [4.78, 5) is 92.6. The van der Waals surface area contributed by atoms with Crippen molar-refractivity contribution in [2.24, 2.45) is 10.8 Å². The number of halogens is 1. The summed E-state index contributed by atoms with van der Waals surface area (Å²) in [5.41, 5.74) is 8.16. The van der Waals surface area contributed by atoms with Gasteiger partial charge in [-0.1, -0.05) is 105 Å². The third-order valence-electron chi connectivity index (χ3n) is 14.9. The van der Waals surface area contributed by atoms with Crippen molar-refractivity contribution in [3.8, 4) is 32.8 Å². The van der Waals surface area contributed by atoms with Crippen molar-refractivity contribution in [1.29, 1.82) is 0 Å². The second-order valence-electron chi connectivity index (χ2n) is 21.3. The number of benzene rings is 3. The Kier molecular flexibility index (Phi) is 16.8. The third kappa shape index (κ3) is 12.7. The lowest BCUT2D eigenvalue weighted by atomic mass is 9.77. The van der Waals surface area contributed by atoms with E-state index in [2.05, 4.69) is 30.9 Å². The van der Waals surface area contributed by atoms with Crippen LogP contribution in [0.2, 0.25) is 5.02 Å². The molecule has 0 unspecified atom stereocenters. The molecule has 4 N–H and O–H groups in total. The average molecular weight is 1080 g/mol. The molecule has 402 valence electrons. The molecule has 19 heteroatoms. The number of ether oxygens (including phenoxy) is 1. The van der Waals surface area contributed by atoms with Crippen molar-refractivity contribution in [1.82, 2.24) is 40.4 Å². The highest BCUT2D eigenvalue weighted by Gasteiger charge is 2.49. The zero-order chi connectivity index (χ0) is 54.4. The van der Waals surface area contributed by atoms with Gasteiger partial charge in [0.05, 0.1) is 94.0 Å². The van der Waals surface area contributed by atoms with Crippen LogP contribution < -0.4 is 20.9 Å². The Labute approximate surface area is 457 Å². The summed E-state index contributed by atoms with van der Waals surface area (Å²) in [5.74, 6) is -1.01. The normalized spacial score (nSPS) is 18.1. The number of aliphatic hydroxyl groups is 1. The highest BCUT2D eigenvalue weighted by atomic mass is 35.5. The Balaban J connectivity index is 0.712. The summed E-state index contributed by atoms with van der Waals surface area (Å²) >= 11 is 8.18. The Morgan fingerprint density at radius 3 is 2.30 bits per heavy atom. The molecule has 3 aliphatic rings. The molecular formula is C58H65ClN10O7S. The predicted octanol–water partition coefficient (Wildman–Crippen LogP) is 8.55. The number of pyridine rings is 1. The van der Waals surface area contributed by atoms with Gasteiger partial charge in [0.15, 0.2) is 0 Å². The minimum absolute atomic E-state index is 0.0121. The lowest BCUT2D eigenvalue weighted by Gasteiger charge is -2.38. The second kappa shape index (κ2) is 23.6. The number of anilines is 3. The molecule has 17 nitrogen and oxygen atoms in total. The van der Waals surface area contributed by atoms with E-state index < -0.39 is 40.8 Å². The summed E-state index contributed by atoms with van der Waals surface area (Å²) in [6.07, 6.45) is 5.83. The van der Waals surface area contributed by atoms with Crippen LogP contribution in [0.3, 0.4) is 0 Å². The number of aromatic nitrogens is 4. The van der Waals surface area contributed by atoms with Crippen LogP contribution >= 0.6 is 22.9 Å². The summed E-state index contributed by atoms with van der Waals surface area (Å²) in [6.45, 7) is 10.8. The van der Waals surface area contributed by atoms with Gasteiger partial charge in [0.2, 0.25) is 35.5 Å². The smallest absolute Gasteiger partial charge is 0.246 e. The number of likely N-dealkylation sites (tertiary alicyclic amines) is 2. The number of rotatable bonds is 17. The van der Waals surface area contributed by atoms with E-state index in [1.165, 1.54) is 4.90 Å². The van der Waals surface area contributed by atoms with Crippen LogP contribution in [-0.4, -0.2) is 122 Å². The highest BCUT2D eigenvalue weighted by Crippen LogP contribution is 2.44.